The zero-order valence-corrected chi connectivity index (χ0v) is 25.9. The number of piperidine rings is 1. The number of rotatable bonds is 7. The molecule has 3 heterocycles. The van der Waals surface area contributed by atoms with E-state index in [0.717, 1.165) is 17.4 Å². The number of aromatic amines is 1. The highest BCUT2D eigenvalue weighted by atomic mass is 32.2. The van der Waals surface area contributed by atoms with Gasteiger partial charge in [0.2, 0.25) is 10.0 Å². The average molecular weight is 616 g/mol. The SMILES string of the molecule is CCC(=O)c1c(-c2ccc(C)cc2)oc2cc(N(C)S(C)(=O)=O)c([C@@H]3CCCN(C(=O)c4cc5cccc(F)c5[nH]4)C3)cc12. The number of halogens is 1. The minimum Gasteiger partial charge on any atom is -0.455 e. The van der Waals surface area contributed by atoms with Gasteiger partial charge in [-0.1, -0.05) is 48.9 Å². The van der Waals surface area contributed by atoms with E-state index in [-0.39, 0.29) is 29.5 Å². The predicted molar refractivity (Wildman–Crippen MR) is 170 cm³/mol. The zero-order chi connectivity index (χ0) is 31.3. The molecule has 0 spiro atoms. The highest BCUT2D eigenvalue weighted by molar-refractivity contribution is 7.92. The first-order valence-corrected chi connectivity index (χ1v) is 16.5. The van der Waals surface area contributed by atoms with Gasteiger partial charge in [0.15, 0.2) is 5.78 Å². The lowest BCUT2D eigenvalue weighted by molar-refractivity contribution is 0.0702. The summed E-state index contributed by atoms with van der Waals surface area (Å²) in [5.74, 6) is -0.539. The zero-order valence-electron chi connectivity index (χ0n) is 25.1. The van der Waals surface area contributed by atoms with Crippen molar-refractivity contribution in [1.29, 1.82) is 0 Å². The maximum Gasteiger partial charge on any atom is 0.270 e. The van der Waals surface area contributed by atoms with Crippen LogP contribution in [0.4, 0.5) is 10.1 Å². The topological polar surface area (TPSA) is 104 Å². The van der Waals surface area contributed by atoms with E-state index in [0.29, 0.717) is 70.6 Å². The molecule has 1 amide bonds. The van der Waals surface area contributed by atoms with Gasteiger partial charge in [-0.3, -0.25) is 13.9 Å². The van der Waals surface area contributed by atoms with Gasteiger partial charge in [0, 0.05) is 54.9 Å². The van der Waals surface area contributed by atoms with Gasteiger partial charge in [0.1, 0.15) is 22.9 Å². The van der Waals surface area contributed by atoms with Crippen molar-refractivity contribution in [1.82, 2.24) is 9.88 Å². The number of H-pyrrole nitrogens is 1. The Kier molecular flexibility index (Phi) is 7.57. The summed E-state index contributed by atoms with van der Waals surface area (Å²) < 4.78 is 47.5. The van der Waals surface area contributed by atoms with Crippen LogP contribution in [0.1, 0.15) is 64.1 Å². The van der Waals surface area contributed by atoms with E-state index in [4.69, 9.17) is 4.42 Å². The van der Waals surface area contributed by atoms with E-state index in [1.165, 1.54) is 17.4 Å². The molecule has 0 saturated carbocycles. The molecule has 1 fully saturated rings. The highest BCUT2D eigenvalue weighted by Crippen LogP contribution is 2.42. The second-order valence-corrected chi connectivity index (χ2v) is 13.6. The van der Waals surface area contributed by atoms with Gasteiger partial charge in [0.05, 0.1) is 23.0 Å². The number of Topliss-reactive ketones (excluding diaryl/α,β-unsaturated/α-hetero) is 1. The van der Waals surface area contributed by atoms with Crippen LogP contribution >= 0.6 is 0 Å². The first kappa shape index (κ1) is 29.6. The molecule has 1 aliphatic rings. The summed E-state index contributed by atoms with van der Waals surface area (Å²) in [6.45, 7) is 4.62. The number of carbonyl (C=O) groups is 2. The number of nitrogens with one attached hydrogen (secondary N) is 1. The van der Waals surface area contributed by atoms with Crippen LogP contribution in [-0.2, 0) is 10.0 Å². The number of fused-ring (bicyclic) bond motifs is 2. The number of para-hydroxylation sites is 1. The third-order valence-electron chi connectivity index (χ3n) is 8.57. The molecule has 0 unspecified atom stereocenters. The standard InChI is InChI=1S/C34H34FN3O5S/c1-5-29(39)31-25-17-24(23-9-7-15-38(19-23)34(40)27-16-22-8-6-10-26(35)32(22)36-27)28(37(3)44(4,41)42)18-30(25)43-33(31)21-13-11-20(2)12-14-21/h6,8,10-14,16-18,23,36H,5,7,9,15,19H2,1-4H3/t23-/m1/s1. The molecular weight excluding hydrogens is 581 g/mol. The molecular formula is C34H34FN3O5S. The lowest BCUT2D eigenvalue weighted by Crippen LogP contribution is -2.39. The summed E-state index contributed by atoms with van der Waals surface area (Å²) in [7, 11) is -2.16. The molecule has 0 radical (unpaired) electrons. The summed E-state index contributed by atoms with van der Waals surface area (Å²) in [5, 5.41) is 1.23. The largest absolute Gasteiger partial charge is 0.455 e. The highest BCUT2D eigenvalue weighted by Gasteiger charge is 2.32. The smallest absolute Gasteiger partial charge is 0.270 e. The maximum absolute atomic E-state index is 14.3. The number of anilines is 1. The molecule has 1 aliphatic heterocycles. The normalized spacial score (nSPS) is 15.7. The number of hydrogen-bond donors (Lipinski definition) is 1. The van der Waals surface area contributed by atoms with Crippen molar-refractivity contribution in [3.63, 3.8) is 0 Å². The third-order valence-corrected chi connectivity index (χ3v) is 9.76. The number of hydrogen-bond acceptors (Lipinski definition) is 5. The third kappa shape index (κ3) is 5.27. The Morgan fingerprint density at radius 2 is 1.86 bits per heavy atom. The molecule has 228 valence electrons. The minimum absolute atomic E-state index is 0.0824. The number of aryl methyl sites for hydroxylation is 1. The Hall–Kier alpha value is -4.44. The summed E-state index contributed by atoms with van der Waals surface area (Å²) in [6.07, 6.45) is 2.80. The molecule has 3 aromatic carbocycles. The quantitative estimate of drug-likeness (QED) is 0.198. The monoisotopic (exact) mass is 615 g/mol. The van der Waals surface area contributed by atoms with Crippen LogP contribution in [-0.4, -0.2) is 56.4 Å². The number of sulfonamides is 1. The van der Waals surface area contributed by atoms with E-state index in [1.807, 2.05) is 37.3 Å². The lowest BCUT2D eigenvalue weighted by atomic mass is 9.87. The van der Waals surface area contributed by atoms with Gasteiger partial charge in [-0.2, -0.15) is 0 Å². The number of furan rings is 1. The fourth-order valence-corrected chi connectivity index (χ4v) is 6.62. The van der Waals surface area contributed by atoms with Gasteiger partial charge < -0.3 is 14.3 Å². The van der Waals surface area contributed by atoms with Crippen LogP contribution < -0.4 is 4.31 Å². The van der Waals surface area contributed by atoms with Crippen molar-refractivity contribution >= 4 is 49.3 Å². The van der Waals surface area contributed by atoms with E-state index in [1.54, 1.807) is 36.1 Å². The molecule has 8 nitrogen and oxygen atoms in total. The number of benzene rings is 3. The van der Waals surface area contributed by atoms with E-state index in [2.05, 4.69) is 4.98 Å². The van der Waals surface area contributed by atoms with Gasteiger partial charge in [0.25, 0.3) is 5.91 Å². The van der Waals surface area contributed by atoms with Crippen LogP contribution in [0.3, 0.4) is 0 Å². The summed E-state index contributed by atoms with van der Waals surface area (Å²) >= 11 is 0. The number of ketones is 1. The molecule has 1 saturated heterocycles. The van der Waals surface area contributed by atoms with Crippen LogP contribution in [0, 0.1) is 12.7 Å². The van der Waals surface area contributed by atoms with Crippen LogP contribution in [0.2, 0.25) is 0 Å². The Bertz CT molecular complexity index is 2030. The average Bonchev–Trinajstić information content (AvgIpc) is 3.62. The molecule has 0 aliphatic carbocycles. The Morgan fingerprint density at radius 1 is 1.11 bits per heavy atom. The number of carbonyl (C=O) groups excluding carboxylic acids is 2. The molecule has 5 aromatic rings. The summed E-state index contributed by atoms with van der Waals surface area (Å²) in [6, 6.07) is 17.6. The number of likely N-dealkylation sites (tertiary alicyclic amines) is 1. The van der Waals surface area contributed by atoms with Gasteiger partial charge in [-0.05, 0) is 43.5 Å². The Balaban J connectivity index is 1.46. The number of aromatic nitrogens is 1. The molecule has 10 heteroatoms. The molecule has 1 atom stereocenters. The second-order valence-electron chi connectivity index (χ2n) is 11.6. The van der Waals surface area contributed by atoms with Crippen molar-refractivity contribution in [2.45, 2.75) is 39.0 Å². The first-order valence-electron chi connectivity index (χ1n) is 14.7. The van der Waals surface area contributed by atoms with E-state index in [9.17, 15) is 22.4 Å². The number of nitrogens with zero attached hydrogens (tertiary/aromatic N) is 2. The molecule has 2 aromatic heterocycles. The fraction of sp³-hybridized carbons (Fsp3) is 0.294. The maximum atomic E-state index is 14.3. The van der Waals surface area contributed by atoms with Crippen molar-refractivity contribution in [3.05, 3.63) is 88.9 Å². The van der Waals surface area contributed by atoms with Crippen molar-refractivity contribution in [2.75, 3.05) is 30.7 Å². The van der Waals surface area contributed by atoms with Gasteiger partial charge >= 0.3 is 0 Å². The van der Waals surface area contributed by atoms with Crippen LogP contribution in [0.25, 0.3) is 33.2 Å². The predicted octanol–water partition coefficient (Wildman–Crippen LogP) is 7.04. The molecule has 44 heavy (non-hydrogen) atoms. The molecule has 1 N–H and O–H groups in total. The second kappa shape index (κ2) is 11.2. The number of amides is 1. The van der Waals surface area contributed by atoms with E-state index < -0.39 is 15.8 Å². The lowest BCUT2D eigenvalue weighted by Gasteiger charge is -2.34. The van der Waals surface area contributed by atoms with E-state index >= 15 is 0 Å². The first-order chi connectivity index (χ1) is 21.0. The van der Waals surface area contributed by atoms with Gasteiger partial charge in [-0.15, -0.1) is 0 Å². The Morgan fingerprint density at radius 3 is 2.55 bits per heavy atom. The summed E-state index contributed by atoms with van der Waals surface area (Å²) in [4.78, 5) is 31.6. The molecule has 0 bridgehead atoms. The van der Waals surface area contributed by atoms with Crippen LogP contribution in [0.15, 0.2) is 65.1 Å². The Labute approximate surface area is 255 Å². The van der Waals surface area contributed by atoms with Gasteiger partial charge in [-0.25, -0.2) is 12.8 Å². The van der Waals surface area contributed by atoms with Crippen molar-refractivity contribution in [3.8, 4) is 11.3 Å². The van der Waals surface area contributed by atoms with Crippen molar-refractivity contribution < 1.29 is 26.8 Å². The minimum atomic E-state index is -3.66. The fourth-order valence-electron chi connectivity index (χ4n) is 6.11. The molecule has 6 rings (SSSR count). The summed E-state index contributed by atoms with van der Waals surface area (Å²) in [5.41, 5.74) is 4.43. The van der Waals surface area contributed by atoms with Crippen molar-refractivity contribution in [2.24, 2.45) is 0 Å². The van der Waals surface area contributed by atoms with Crippen LogP contribution in [0.5, 0.6) is 0 Å².